The van der Waals surface area contributed by atoms with Crippen molar-refractivity contribution in [3.63, 3.8) is 0 Å². The first-order valence-corrected chi connectivity index (χ1v) is 10.6. The lowest BCUT2D eigenvalue weighted by atomic mass is 10.1. The number of carbonyl (C=O) groups excluding carboxylic acids is 2. The van der Waals surface area contributed by atoms with Gasteiger partial charge in [0.25, 0.3) is 5.91 Å². The first-order chi connectivity index (χ1) is 15.5. The molecule has 162 valence electrons. The Kier molecular flexibility index (Phi) is 6.51. The van der Waals surface area contributed by atoms with Crippen LogP contribution in [-0.4, -0.2) is 39.4 Å². The number of rotatable bonds is 7. The molecular weight excluding hydrogens is 427 g/mol. The minimum atomic E-state index is -0.752. The van der Waals surface area contributed by atoms with Gasteiger partial charge in [0, 0.05) is 24.6 Å². The molecule has 0 aliphatic carbocycles. The lowest BCUT2D eigenvalue weighted by Gasteiger charge is -2.24. The summed E-state index contributed by atoms with van der Waals surface area (Å²) in [6, 6.07) is 17.7. The summed E-state index contributed by atoms with van der Waals surface area (Å²) in [5, 5.41) is 3.12. The summed E-state index contributed by atoms with van der Waals surface area (Å²) in [6.07, 6.45) is 3.99. The molecule has 1 fully saturated rings. The standard InChI is InChI=1S/C24H21FN4O2S/c25-18-6-8-20(9-7-18)29-23(31)21(16-22(30)27-19-4-2-1-3-5-19)28(24(29)32)15-12-17-10-13-26-14-11-17/h1-11,13-14,21H,12,15-16H2,(H,27,30)/t21-/m1/s1. The molecule has 1 saturated heterocycles. The van der Waals surface area contributed by atoms with Gasteiger partial charge in [-0.15, -0.1) is 0 Å². The molecule has 0 unspecified atom stereocenters. The molecule has 0 bridgehead atoms. The SMILES string of the molecule is O=C(C[C@@H]1C(=O)N(c2ccc(F)cc2)C(=S)N1CCc1ccncc1)Nc1ccccc1. The molecule has 0 saturated carbocycles. The van der Waals surface area contributed by atoms with E-state index < -0.39 is 11.9 Å². The zero-order chi connectivity index (χ0) is 22.5. The first-order valence-electron chi connectivity index (χ1n) is 10.2. The van der Waals surface area contributed by atoms with Gasteiger partial charge in [0.2, 0.25) is 5.91 Å². The number of halogens is 1. The van der Waals surface area contributed by atoms with E-state index in [1.807, 2.05) is 30.3 Å². The van der Waals surface area contributed by atoms with Crippen LogP contribution in [-0.2, 0) is 16.0 Å². The zero-order valence-electron chi connectivity index (χ0n) is 17.1. The van der Waals surface area contributed by atoms with Crippen molar-refractivity contribution in [1.29, 1.82) is 0 Å². The van der Waals surface area contributed by atoms with Crippen LogP contribution in [0.1, 0.15) is 12.0 Å². The van der Waals surface area contributed by atoms with Crippen molar-refractivity contribution in [2.75, 3.05) is 16.8 Å². The van der Waals surface area contributed by atoms with Gasteiger partial charge < -0.3 is 10.2 Å². The van der Waals surface area contributed by atoms with E-state index in [1.54, 1.807) is 29.4 Å². The van der Waals surface area contributed by atoms with Crippen molar-refractivity contribution in [3.05, 3.63) is 90.5 Å². The molecule has 8 heteroatoms. The molecule has 32 heavy (non-hydrogen) atoms. The summed E-state index contributed by atoms with van der Waals surface area (Å²) < 4.78 is 13.4. The van der Waals surface area contributed by atoms with Gasteiger partial charge in [0.05, 0.1) is 12.1 Å². The monoisotopic (exact) mass is 448 g/mol. The first kappa shape index (κ1) is 21.6. The van der Waals surface area contributed by atoms with Crippen LogP contribution < -0.4 is 10.2 Å². The van der Waals surface area contributed by atoms with Gasteiger partial charge in [0.15, 0.2) is 5.11 Å². The molecule has 0 radical (unpaired) electrons. The fraction of sp³-hybridized carbons (Fsp3) is 0.167. The molecule has 4 rings (SSSR count). The molecular formula is C24H21FN4O2S. The van der Waals surface area contributed by atoms with Gasteiger partial charge in [0.1, 0.15) is 11.9 Å². The van der Waals surface area contributed by atoms with Crippen LogP contribution >= 0.6 is 12.2 Å². The number of amides is 2. The van der Waals surface area contributed by atoms with Crippen molar-refractivity contribution in [2.24, 2.45) is 0 Å². The maximum absolute atomic E-state index is 13.4. The Hall–Kier alpha value is -3.65. The molecule has 2 amide bonds. The van der Waals surface area contributed by atoms with Crippen LogP contribution in [0.25, 0.3) is 0 Å². The van der Waals surface area contributed by atoms with Crippen LogP contribution in [0.4, 0.5) is 15.8 Å². The summed E-state index contributed by atoms with van der Waals surface area (Å²) in [4.78, 5) is 33.2. The third kappa shape index (κ3) is 4.81. The van der Waals surface area contributed by atoms with Crippen molar-refractivity contribution < 1.29 is 14.0 Å². The van der Waals surface area contributed by atoms with Crippen molar-refractivity contribution >= 4 is 40.5 Å². The number of para-hydroxylation sites is 1. The predicted molar refractivity (Wildman–Crippen MR) is 125 cm³/mol. The summed E-state index contributed by atoms with van der Waals surface area (Å²) in [5.74, 6) is -0.994. The van der Waals surface area contributed by atoms with Crippen LogP contribution in [0.5, 0.6) is 0 Å². The van der Waals surface area contributed by atoms with Crippen molar-refractivity contribution in [1.82, 2.24) is 9.88 Å². The molecule has 0 spiro atoms. The minimum Gasteiger partial charge on any atom is -0.336 e. The number of benzene rings is 2. The Morgan fingerprint density at radius 1 is 1.03 bits per heavy atom. The summed E-state index contributed by atoms with van der Waals surface area (Å²) in [6.45, 7) is 0.454. The van der Waals surface area contributed by atoms with Crippen molar-refractivity contribution in [2.45, 2.75) is 18.9 Å². The second kappa shape index (κ2) is 9.65. The van der Waals surface area contributed by atoms with Gasteiger partial charge in [-0.2, -0.15) is 0 Å². The van der Waals surface area contributed by atoms with E-state index in [0.29, 0.717) is 29.5 Å². The maximum Gasteiger partial charge on any atom is 0.256 e. The average Bonchev–Trinajstić information content (AvgIpc) is 3.03. The molecule has 1 N–H and O–H groups in total. The van der Waals surface area contributed by atoms with Gasteiger partial charge in [-0.1, -0.05) is 18.2 Å². The van der Waals surface area contributed by atoms with Gasteiger partial charge >= 0.3 is 0 Å². The molecule has 3 aromatic rings. The normalized spacial score (nSPS) is 15.8. The fourth-order valence-electron chi connectivity index (χ4n) is 3.62. The van der Waals surface area contributed by atoms with Crippen LogP contribution in [0.15, 0.2) is 79.1 Å². The van der Waals surface area contributed by atoms with E-state index in [4.69, 9.17) is 12.2 Å². The second-order valence-electron chi connectivity index (χ2n) is 7.37. The van der Waals surface area contributed by atoms with E-state index in [1.165, 1.54) is 29.2 Å². The molecule has 1 aliphatic heterocycles. The number of anilines is 2. The topological polar surface area (TPSA) is 65.5 Å². The summed E-state index contributed by atoms with van der Waals surface area (Å²) >= 11 is 5.62. The number of nitrogens with one attached hydrogen (secondary N) is 1. The molecule has 1 aromatic heterocycles. The van der Waals surface area contributed by atoms with E-state index >= 15 is 0 Å². The number of hydrogen-bond donors (Lipinski definition) is 1. The highest BCUT2D eigenvalue weighted by molar-refractivity contribution is 7.80. The average molecular weight is 449 g/mol. The Labute approximate surface area is 190 Å². The zero-order valence-corrected chi connectivity index (χ0v) is 18.0. The number of thiocarbonyl (C=S) groups is 1. The smallest absolute Gasteiger partial charge is 0.256 e. The molecule has 1 atom stereocenters. The van der Waals surface area contributed by atoms with Gasteiger partial charge in [-0.05, 0) is 72.7 Å². The lowest BCUT2D eigenvalue weighted by molar-refractivity contribution is -0.124. The van der Waals surface area contributed by atoms with Gasteiger partial charge in [-0.3, -0.25) is 19.5 Å². The third-order valence-electron chi connectivity index (χ3n) is 5.23. The minimum absolute atomic E-state index is 0.0537. The Balaban J connectivity index is 1.56. The third-order valence-corrected chi connectivity index (χ3v) is 5.65. The molecule has 6 nitrogen and oxygen atoms in total. The van der Waals surface area contributed by atoms with E-state index in [9.17, 15) is 14.0 Å². The second-order valence-corrected chi connectivity index (χ2v) is 7.73. The van der Waals surface area contributed by atoms with E-state index in [2.05, 4.69) is 10.3 Å². The highest BCUT2D eigenvalue weighted by Gasteiger charge is 2.43. The Bertz CT molecular complexity index is 1110. The quantitative estimate of drug-likeness (QED) is 0.557. The van der Waals surface area contributed by atoms with E-state index in [-0.39, 0.29) is 18.2 Å². The van der Waals surface area contributed by atoms with Crippen LogP contribution in [0.3, 0.4) is 0 Å². The fourth-order valence-corrected chi connectivity index (χ4v) is 4.04. The summed E-state index contributed by atoms with van der Waals surface area (Å²) in [7, 11) is 0. The summed E-state index contributed by atoms with van der Waals surface area (Å²) in [5.41, 5.74) is 2.17. The van der Waals surface area contributed by atoms with Crippen molar-refractivity contribution in [3.8, 4) is 0 Å². The number of nitrogens with zero attached hydrogens (tertiary/aromatic N) is 3. The Morgan fingerprint density at radius 2 is 1.72 bits per heavy atom. The Morgan fingerprint density at radius 3 is 2.41 bits per heavy atom. The number of carbonyl (C=O) groups is 2. The van der Waals surface area contributed by atoms with E-state index in [0.717, 1.165) is 5.56 Å². The molecule has 1 aliphatic rings. The maximum atomic E-state index is 13.4. The van der Waals surface area contributed by atoms with Gasteiger partial charge in [-0.25, -0.2) is 4.39 Å². The molecule has 2 aromatic carbocycles. The number of hydrogen-bond acceptors (Lipinski definition) is 4. The largest absolute Gasteiger partial charge is 0.336 e. The molecule has 2 heterocycles. The predicted octanol–water partition coefficient (Wildman–Crippen LogP) is 3.79. The highest BCUT2D eigenvalue weighted by Crippen LogP contribution is 2.28. The number of pyridine rings is 1. The lowest BCUT2D eigenvalue weighted by Crippen LogP contribution is -2.39. The number of aromatic nitrogens is 1. The highest BCUT2D eigenvalue weighted by atomic mass is 32.1. The van der Waals surface area contributed by atoms with Crippen LogP contribution in [0.2, 0.25) is 0 Å². The van der Waals surface area contributed by atoms with Crippen LogP contribution in [0, 0.1) is 5.82 Å².